The van der Waals surface area contributed by atoms with Crippen molar-refractivity contribution in [1.29, 1.82) is 0 Å². The fourth-order valence-electron chi connectivity index (χ4n) is 2.36. The van der Waals surface area contributed by atoms with Crippen LogP contribution in [0.2, 0.25) is 4.34 Å². The minimum atomic E-state index is -0.174. The van der Waals surface area contributed by atoms with Gasteiger partial charge in [-0.25, -0.2) is 0 Å². The van der Waals surface area contributed by atoms with E-state index in [1.165, 1.54) is 11.3 Å². The van der Waals surface area contributed by atoms with Crippen LogP contribution in [-0.4, -0.2) is 18.9 Å². The first-order valence-electron chi connectivity index (χ1n) is 6.51. The van der Waals surface area contributed by atoms with Crippen molar-refractivity contribution in [1.82, 2.24) is 0 Å². The van der Waals surface area contributed by atoms with Gasteiger partial charge < -0.3 is 10.2 Å². The Morgan fingerprint density at radius 3 is 2.81 bits per heavy atom. The lowest BCUT2D eigenvalue weighted by molar-refractivity contribution is -0.118. The van der Waals surface area contributed by atoms with Crippen LogP contribution < -0.4 is 10.2 Å². The van der Waals surface area contributed by atoms with E-state index < -0.39 is 0 Å². The van der Waals surface area contributed by atoms with Crippen LogP contribution in [-0.2, 0) is 11.2 Å². The van der Waals surface area contributed by atoms with E-state index in [4.69, 9.17) is 11.6 Å². The van der Waals surface area contributed by atoms with Gasteiger partial charge in [-0.15, -0.1) is 11.3 Å². The molecule has 6 heteroatoms. The van der Waals surface area contributed by atoms with Crippen molar-refractivity contribution in [2.75, 3.05) is 17.3 Å². The van der Waals surface area contributed by atoms with Crippen molar-refractivity contribution in [2.24, 2.45) is 0 Å². The van der Waals surface area contributed by atoms with E-state index in [0.29, 0.717) is 22.1 Å². The maximum Gasteiger partial charge on any atom is 0.265 e. The monoisotopic (exact) mass is 320 g/mol. The Morgan fingerprint density at radius 1 is 1.29 bits per heavy atom. The smallest absolute Gasteiger partial charge is 0.265 e. The summed E-state index contributed by atoms with van der Waals surface area (Å²) < 4.78 is 0.589. The predicted octanol–water partition coefficient (Wildman–Crippen LogP) is 3.56. The second kappa shape index (κ2) is 5.50. The SMILES string of the molecule is CN1C(=O)CCc2cc(NC(=O)c3ccc(Cl)s3)ccc21. The highest BCUT2D eigenvalue weighted by Crippen LogP contribution is 2.30. The minimum Gasteiger partial charge on any atom is -0.321 e. The number of rotatable bonds is 2. The molecule has 0 fully saturated rings. The van der Waals surface area contributed by atoms with Gasteiger partial charge in [0.25, 0.3) is 5.91 Å². The number of nitrogens with one attached hydrogen (secondary N) is 1. The van der Waals surface area contributed by atoms with Crippen molar-refractivity contribution < 1.29 is 9.59 Å². The Balaban J connectivity index is 1.81. The number of fused-ring (bicyclic) bond motifs is 1. The number of benzene rings is 1. The van der Waals surface area contributed by atoms with Crippen LogP contribution in [0.3, 0.4) is 0 Å². The van der Waals surface area contributed by atoms with Crippen LogP contribution in [0.1, 0.15) is 21.7 Å². The molecule has 4 nitrogen and oxygen atoms in total. The molecule has 108 valence electrons. The zero-order valence-corrected chi connectivity index (χ0v) is 12.9. The summed E-state index contributed by atoms with van der Waals surface area (Å²) >= 11 is 7.08. The molecule has 2 amide bonds. The third-order valence-corrected chi connectivity index (χ3v) is 4.71. The lowest BCUT2D eigenvalue weighted by Crippen LogP contribution is -2.31. The number of carbonyl (C=O) groups is 2. The van der Waals surface area contributed by atoms with Crippen LogP contribution in [0.15, 0.2) is 30.3 Å². The summed E-state index contributed by atoms with van der Waals surface area (Å²) in [4.78, 5) is 26.0. The average molecular weight is 321 g/mol. The van der Waals surface area contributed by atoms with Crippen molar-refractivity contribution in [3.8, 4) is 0 Å². The first-order chi connectivity index (χ1) is 10.0. The zero-order valence-electron chi connectivity index (χ0n) is 11.4. The molecule has 0 radical (unpaired) electrons. The standard InChI is InChI=1S/C15H13ClN2O2S/c1-18-11-4-3-10(8-9(11)2-7-14(18)19)17-15(20)12-5-6-13(16)21-12/h3-6,8H,2,7H2,1H3,(H,17,20). The van der Waals surface area contributed by atoms with Crippen LogP contribution in [0.5, 0.6) is 0 Å². The number of anilines is 2. The van der Waals surface area contributed by atoms with Gasteiger partial charge in [-0.1, -0.05) is 11.6 Å². The second-order valence-electron chi connectivity index (χ2n) is 4.85. The average Bonchev–Trinajstić information content (AvgIpc) is 2.90. The van der Waals surface area contributed by atoms with Gasteiger partial charge in [0.2, 0.25) is 5.91 Å². The Morgan fingerprint density at radius 2 is 2.10 bits per heavy atom. The molecule has 21 heavy (non-hydrogen) atoms. The summed E-state index contributed by atoms with van der Waals surface area (Å²) in [6, 6.07) is 9.00. The number of hydrogen-bond acceptors (Lipinski definition) is 3. The van der Waals surface area contributed by atoms with Crippen LogP contribution in [0, 0.1) is 0 Å². The number of carbonyl (C=O) groups excluding carboxylic acids is 2. The van der Waals surface area contributed by atoms with E-state index in [1.807, 2.05) is 12.1 Å². The topological polar surface area (TPSA) is 49.4 Å². The molecule has 0 unspecified atom stereocenters. The van der Waals surface area contributed by atoms with Gasteiger partial charge in [-0.2, -0.15) is 0 Å². The first-order valence-corrected chi connectivity index (χ1v) is 7.70. The van der Waals surface area contributed by atoms with Gasteiger partial charge in [-0.05, 0) is 42.3 Å². The number of hydrogen-bond donors (Lipinski definition) is 1. The van der Waals surface area contributed by atoms with Gasteiger partial charge in [0.05, 0.1) is 9.21 Å². The Labute approximate surface area is 131 Å². The molecule has 1 aliphatic rings. The number of halogens is 1. The van der Waals surface area contributed by atoms with Crippen LogP contribution in [0.4, 0.5) is 11.4 Å². The fraction of sp³-hybridized carbons (Fsp3) is 0.200. The molecule has 2 heterocycles. The molecule has 1 aromatic carbocycles. The van der Waals surface area contributed by atoms with E-state index in [1.54, 1.807) is 30.1 Å². The summed E-state index contributed by atoms with van der Waals surface area (Å²) in [6.07, 6.45) is 1.20. The molecular weight excluding hydrogens is 308 g/mol. The highest BCUT2D eigenvalue weighted by molar-refractivity contribution is 7.18. The second-order valence-corrected chi connectivity index (χ2v) is 6.57. The molecule has 0 bridgehead atoms. The lowest BCUT2D eigenvalue weighted by Gasteiger charge is -2.26. The lowest BCUT2D eigenvalue weighted by atomic mass is 10.0. The number of thiophene rings is 1. The van der Waals surface area contributed by atoms with E-state index in [-0.39, 0.29) is 11.8 Å². The first kappa shape index (κ1) is 14.1. The molecule has 1 N–H and O–H groups in total. The van der Waals surface area contributed by atoms with Gasteiger partial charge >= 0.3 is 0 Å². The molecule has 3 rings (SSSR count). The van der Waals surface area contributed by atoms with E-state index in [0.717, 1.165) is 16.9 Å². The van der Waals surface area contributed by atoms with Crippen molar-refractivity contribution in [2.45, 2.75) is 12.8 Å². The minimum absolute atomic E-state index is 0.118. The Bertz CT molecular complexity index is 726. The molecule has 1 aromatic heterocycles. The highest BCUT2D eigenvalue weighted by atomic mass is 35.5. The number of nitrogens with zero attached hydrogens (tertiary/aromatic N) is 1. The van der Waals surface area contributed by atoms with Crippen molar-refractivity contribution >= 4 is 46.1 Å². The fourth-order valence-corrected chi connectivity index (χ4v) is 3.30. The normalized spacial score (nSPS) is 14.0. The molecule has 0 saturated carbocycles. The van der Waals surface area contributed by atoms with Gasteiger partial charge in [0.1, 0.15) is 0 Å². The maximum atomic E-state index is 12.1. The summed E-state index contributed by atoms with van der Waals surface area (Å²) in [5, 5.41) is 2.86. The number of aryl methyl sites for hydroxylation is 1. The predicted molar refractivity (Wildman–Crippen MR) is 85.5 cm³/mol. The summed E-state index contributed by atoms with van der Waals surface area (Å²) in [5.74, 6) is -0.0559. The van der Waals surface area contributed by atoms with E-state index in [9.17, 15) is 9.59 Å². The summed E-state index contributed by atoms with van der Waals surface area (Å²) in [7, 11) is 1.77. The molecule has 0 saturated heterocycles. The molecule has 0 atom stereocenters. The zero-order chi connectivity index (χ0) is 15.0. The Hall–Kier alpha value is -1.85. The summed E-state index contributed by atoms with van der Waals surface area (Å²) in [6.45, 7) is 0. The molecular formula is C15H13ClN2O2S. The third kappa shape index (κ3) is 2.80. The van der Waals surface area contributed by atoms with Crippen LogP contribution in [0.25, 0.3) is 0 Å². The van der Waals surface area contributed by atoms with Gasteiger partial charge in [-0.3, -0.25) is 9.59 Å². The number of amides is 2. The molecule has 0 aliphatic carbocycles. The maximum absolute atomic E-state index is 12.1. The Kier molecular flexibility index (Phi) is 3.69. The molecule has 0 spiro atoms. The van der Waals surface area contributed by atoms with Gasteiger partial charge in [0.15, 0.2) is 0 Å². The van der Waals surface area contributed by atoms with E-state index in [2.05, 4.69) is 5.32 Å². The molecule has 1 aliphatic heterocycles. The van der Waals surface area contributed by atoms with Crippen molar-refractivity contribution in [3.05, 3.63) is 45.1 Å². The van der Waals surface area contributed by atoms with Crippen molar-refractivity contribution in [3.63, 3.8) is 0 Å². The summed E-state index contributed by atoms with van der Waals surface area (Å²) in [5.41, 5.74) is 2.70. The largest absolute Gasteiger partial charge is 0.321 e. The highest BCUT2D eigenvalue weighted by Gasteiger charge is 2.21. The third-order valence-electron chi connectivity index (χ3n) is 3.48. The van der Waals surface area contributed by atoms with E-state index >= 15 is 0 Å². The van der Waals surface area contributed by atoms with Gasteiger partial charge in [0, 0.05) is 24.8 Å². The van der Waals surface area contributed by atoms with Crippen LogP contribution >= 0.6 is 22.9 Å². The molecule has 2 aromatic rings. The quantitative estimate of drug-likeness (QED) is 0.919.